The monoisotopic (exact) mass is 190 g/mol. The fraction of sp³-hybridized carbons (Fsp3) is 0.167. The Labute approximate surface area is 68.9 Å². The molecule has 0 fully saturated rings. The maximum atomic E-state index is 11.0. The number of Topliss-reactive ketones (excluding diaryl/α,β-unsaturated/α-hetero) is 1. The number of ketones is 1. The van der Waals surface area contributed by atoms with E-state index < -0.39 is 20.6 Å². The van der Waals surface area contributed by atoms with Crippen LogP contribution in [0.25, 0.3) is 0 Å². The van der Waals surface area contributed by atoms with E-state index in [1.165, 1.54) is 12.3 Å². The van der Waals surface area contributed by atoms with Crippen LogP contribution in [0.1, 0.15) is 10.6 Å². The van der Waals surface area contributed by atoms with Crippen molar-refractivity contribution in [2.24, 2.45) is 0 Å². The van der Waals surface area contributed by atoms with Crippen molar-refractivity contribution in [3.63, 3.8) is 0 Å². The van der Waals surface area contributed by atoms with Crippen molar-refractivity contribution in [1.29, 1.82) is 0 Å². The minimum atomic E-state index is -3.03. The van der Waals surface area contributed by atoms with Crippen molar-refractivity contribution >= 4 is 14.0 Å². The maximum absolute atomic E-state index is 11.0. The van der Waals surface area contributed by atoms with Gasteiger partial charge in [-0.05, 0) is 12.1 Å². The number of hydrogen-bond donors (Lipinski definition) is 1. The van der Waals surface area contributed by atoms with Gasteiger partial charge in [0.1, 0.15) is 6.61 Å². The molecule has 1 atom stereocenters. The Kier molecular flexibility index (Phi) is 3.22. The molecule has 5 nitrogen and oxygen atoms in total. The third-order valence-corrected chi connectivity index (χ3v) is 1.51. The first kappa shape index (κ1) is 9.19. The van der Waals surface area contributed by atoms with Crippen molar-refractivity contribution in [3.05, 3.63) is 24.2 Å². The molecule has 1 aromatic heterocycles. The second-order valence-corrected chi connectivity index (χ2v) is 2.78. The van der Waals surface area contributed by atoms with E-state index in [1.807, 2.05) is 0 Å². The molecule has 6 heteroatoms. The normalized spacial score (nSPS) is 12.8. The molecule has 0 aromatic carbocycles. The lowest BCUT2D eigenvalue weighted by molar-refractivity contribution is 0.0889. The highest BCUT2D eigenvalue weighted by molar-refractivity contribution is 7.32. The summed E-state index contributed by atoms with van der Waals surface area (Å²) in [6, 6.07) is 3.01. The summed E-state index contributed by atoms with van der Waals surface area (Å²) in [5, 5.41) is 0. The second-order valence-electron chi connectivity index (χ2n) is 1.96. The van der Waals surface area contributed by atoms with Gasteiger partial charge in [0.05, 0.1) is 6.26 Å². The number of furan rings is 1. The smallest absolute Gasteiger partial charge is 0.317 e. The lowest BCUT2D eigenvalue weighted by Crippen LogP contribution is -2.04. The van der Waals surface area contributed by atoms with Crippen LogP contribution in [0.4, 0.5) is 0 Å². The van der Waals surface area contributed by atoms with Crippen LogP contribution < -0.4 is 0 Å². The molecule has 0 amide bonds. The molecule has 0 aliphatic heterocycles. The van der Waals surface area contributed by atoms with Gasteiger partial charge in [0.15, 0.2) is 5.76 Å². The van der Waals surface area contributed by atoms with E-state index in [0.29, 0.717) is 0 Å². The van der Waals surface area contributed by atoms with E-state index in [0.717, 1.165) is 0 Å². The molecule has 0 saturated heterocycles. The summed E-state index contributed by atoms with van der Waals surface area (Å²) < 4.78 is 19.0. The maximum Gasteiger partial charge on any atom is 0.317 e. The Morgan fingerprint density at radius 1 is 1.75 bits per heavy atom. The zero-order valence-electron chi connectivity index (χ0n) is 6.02. The van der Waals surface area contributed by atoms with Gasteiger partial charge >= 0.3 is 8.25 Å². The largest absolute Gasteiger partial charge is 0.461 e. The average molecular weight is 190 g/mol. The van der Waals surface area contributed by atoms with Crippen molar-refractivity contribution in [3.8, 4) is 0 Å². The number of carbonyl (C=O) groups is 1. The van der Waals surface area contributed by atoms with Gasteiger partial charge in [-0.1, -0.05) is 0 Å². The molecule has 0 spiro atoms. The summed E-state index contributed by atoms with van der Waals surface area (Å²) in [5.74, 6) is -0.328. The third-order valence-electron chi connectivity index (χ3n) is 1.12. The Bertz CT molecular complexity index is 278. The number of hydrogen-bond acceptors (Lipinski definition) is 4. The summed E-state index contributed by atoms with van der Waals surface area (Å²) >= 11 is 0. The summed E-state index contributed by atoms with van der Waals surface area (Å²) in [6.07, 6.45) is 1.34. The van der Waals surface area contributed by atoms with E-state index in [9.17, 15) is 9.36 Å². The summed E-state index contributed by atoms with van der Waals surface area (Å²) in [5.41, 5.74) is 0. The van der Waals surface area contributed by atoms with Gasteiger partial charge in [-0.3, -0.25) is 9.36 Å². The van der Waals surface area contributed by atoms with Crippen LogP contribution in [0, 0.1) is 0 Å². The van der Waals surface area contributed by atoms with Crippen LogP contribution in [0.2, 0.25) is 0 Å². The number of rotatable bonds is 4. The van der Waals surface area contributed by atoms with Gasteiger partial charge < -0.3 is 13.8 Å². The Morgan fingerprint density at radius 2 is 2.50 bits per heavy atom. The Balaban J connectivity index is 2.45. The molecule has 0 aliphatic rings. The summed E-state index contributed by atoms with van der Waals surface area (Å²) in [4.78, 5) is 19.2. The van der Waals surface area contributed by atoms with E-state index in [4.69, 9.17) is 9.31 Å². The van der Waals surface area contributed by atoms with E-state index in [1.54, 1.807) is 6.07 Å². The fourth-order valence-electron chi connectivity index (χ4n) is 0.636. The van der Waals surface area contributed by atoms with Crippen LogP contribution in [-0.4, -0.2) is 17.3 Å². The summed E-state index contributed by atoms with van der Waals surface area (Å²) in [7, 11) is -3.03. The lowest BCUT2D eigenvalue weighted by Gasteiger charge is -1.95. The molecule has 1 unspecified atom stereocenters. The highest BCUT2D eigenvalue weighted by atomic mass is 31.1. The number of carbonyl (C=O) groups excluding carboxylic acids is 1. The van der Waals surface area contributed by atoms with Crippen molar-refractivity contribution in [2.45, 2.75) is 0 Å². The zero-order valence-corrected chi connectivity index (χ0v) is 7.02. The Morgan fingerprint density at radius 3 is 3.00 bits per heavy atom. The predicted molar refractivity (Wildman–Crippen MR) is 40.2 cm³/mol. The van der Waals surface area contributed by atoms with Crippen molar-refractivity contribution in [2.75, 3.05) is 6.61 Å². The van der Waals surface area contributed by atoms with Crippen LogP contribution >= 0.6 is 8.25 Å². The summed E-state index contributed by atoms with van der Waals surface area (Å²) in [6.45, 7) is -0.429. The first-order valence-corrected chi connectivity index (χ1v) is 4.39. The average Bonchev–Trinajstić information content (AvgIpc) is 2.51. The second kappa shape index (κ2) is 4.21. The van der Waals surface area contributed by atoms with E-state index in [2.05, 4.69) is 4.52 Å². The topological polar surface area (TPSA) is 76.7 Å². The highest BCUT2D eigenvalue weighted by Gasteiger charge is 2.09. The first-order chi connectivity index (χ1) is 5.70. The molecule has 1 rings (SSSR count). The van der Waals surface area contributed by atoms with Crippen LogP contribution in [-0.2, 0) is 9.09 Å². The molecule has 1 heterocycles. The van der Waals surface area contributed by atoms with E-state index >= 15 is 0 Å². The molecule has 0 aliphatic carbocycles. The molecule has 0 radical (unpaired) electrons. The van der Waals surface area contributed by atoms with Gasteiger partial charge in [-0.25, -0.2) is 0 Å². The first-order valence-electron chi connectivity index (χ1n) is 3.12. The minimum Gasteiger partial charge on any atom is -0.461 e. The SMILES string of the molecule is O=C(CO[PH](=O)O)c1ccco1. The Hall–Kier alpha value is -0.900. The van der Waals surface area contributed by atoms with Gasteiger partial charge in [0.25, 0.3) is 0 Å². The van der Waals surface area contributed by atoms with Crippen LogP contribution in [0.15, 0.2) is 22.8 Å². The molecule has 66 valence electrons. The quantitative estimate of drug-likeness (QED) is 0.562. The standard InChI is InChI=1S/C6H7O5P/c7-5(4-11-12(8)9)6-2-1-3-10-6/h1-3,12H,4H2,(H,8,9). The van der Waals surface area contributed by atoms with Gasteiger partial charge in [-0.15, -0.1) is 0 Å². The molecule has 12 heavy (non-hydrogen) atoms. The minimum absolute atomic E-state index is 0.123. The highest BCUT2D eigenvalue weighted by Crippen LogP contribution is 2.14. The van der Waals surface area contributed by atoms with Gasteiger partial charge in [0, 0.05) is 0 Å². The van der Waals surface area contributed by atoms with Crippen molar-refractivity contribution in [1.82, 2.24) is 0 Å². The molecule has 1 aromatic rings. The van der Waals surface area contributed by atoms with Gasteiger partial charge in [-0.2, -0.15) is 0 Å². The van der Waals surface area contributed by atoms with Crippen LogP contribution in [0.5, 0.6) is 0 Å². The zero-order chi connectivity index (χ0) is 8.97. The van der Waals surface area contributed by atoms with E-state index in [-0.39, 0.29) is 5.76 Å². The van der Waals surface area contributed by atoms with Gasteiger partial charge in [0.2, 0.25) is 5.78 Å². The predicted octanol–water partition coefficient (Wildman–Crippen LogP) is 0.861. The lowest BCUT2D eigenvalue weighted by atomic mass is 10.3. The molecule has 0 saturated carbocycles. The van der Waals surface area contributed by atoms with Crippen LogP contribution in [0.3, 0.4) is 0 Å². The molecule has 0 bridgehead atoms. The third kappa shape index (κ3) is 2.62. The molecule has 1 N–H and O–H groups in total. The molecular formula is C6H7O5P. The van der Waals surface area contributed by atoms with Crippen molar-refractivity contribution < 1.29 is 23.2 Å². The molecular weight excluding hydrogens is 183 g/mol. The fourth-order valence-corrected chi connectivity index (χ4v) is 0.890.